The summed E-state index contributed by atoms with van der Waals surface area (Å²) in [4.78, 5) is 5.74. The van der Waals surface area contributed by atoms with E-state index in [-0.39, 0.29) is 0 Å². The first kappa shape index (κ1) is 16.6. The van der Waals surface area contributed by atoms with Crippen LogP contribution in [0.3, 0.4) is 0 Å². The second-order valence-electron chi connectivity index (χ2n) is 7.32. The molecule has 0 saturated carbocycles. The molecule has 0 unspecified atom stereocenters. The molecule has 22 heavy (non-hydrogen) atoms. The summed E-state index contributed by atoms with van der Waals surface area (Å²) in [6.07, 6.45) is 10.5. The molecule has 2 N–H and O–H groups in total. The highest BCUT2D eigenvalue weighted by atomic mass is 32.3. The van der Waals surface area contributed by atoms with E-state index in [2.05, 4.69) is 9.80 Å². The minimum absolute atomic E-state index is 0.961. The van der Waals surface area contributed by atoms with Crippen LogP contribution < -0.4 is 0 Å². The molecule has 0 aromatic heterocycles. The van der Waals surface area contributed by atoms with Gasteiger partial charge in [-0.1, -0.05) is 12.8 Å². The number of rotatable bonds is 0. The fourth-order valence-corrected chi connectivity index (χ4v) is 5.25. The quantitative estimate of drug-likeness (QED) is 0.657. The number of hydrogen-bond acceptors (Lipinski definition) is 4. The molecular formula is C15H28N2O4S. The zero-order valence-corrected chi connectivity index (χ0v) is 13.9. The molecule has 0 aromatic carbocycles. The van der Waals surface area contributed by atoms with Gasteiger partial charge in [-0.3, -0.25) is 18.9 Å². The van der Waals surface area contributed by atoms with Crippen molar-refractivity contribution in [2.45, 2.75) is 57.0 Å². The first-order valence-corrected chi connectivity index (χ1v) is 9.99. The molecule has 0 aliphatic carbocycles. The highest BCUT2D eigenvalue weighted by Gasteiger charge is 2.46. The summed E-state index contributed by atoms with van der Waals surface area (Å²) in [6, 6.07) is 1.92. The van der Waals surface area contributed by atoms with Crippen LogP contribution in [0.2, 0.25) is 0 Å². The molecule has 4 rings (SSSR count). The third-order valence-electron chi connectivity index (χ3n) is 5.96. The van der Waals surface area contributed by atoms with Gasteiger partial charge in [-0.25, -0.2) is 0 Å². The van der Waals surface area contributed by atoms with Crippen molar-refractivity contribution in [1.29, 1.82) is 0 Å². The van der Waals surface area contributed by atoms with Crippen LogP contribution in [0.5, 0.6) is 0 Å². The molecule has 4 fully saturated rings. The van der Waals surface area contributed by atoms with Crippen LogP contribution in [-0.4, -0.2) is 65.6 Å². The molecule has 0 aromatic rings. The standard InChI is InChI=1S/C15H26N2.H2O4S/c1-3-7-16-11-13-9-12(14(16)5-1)10-17-8-4-2-6-15(13)17;1-5(2,3)4/h12-15H,1-11H2;(H2,1,2,3,4)/t12-,13-,14-,15+;/m0./s1. The first-order chi connectivity index (χ1) is 10.4. The molecule has 4 atom stereocenters. The van der Waals surface area contributed by atoms with Crippen molar-refractivity contribution in [3.05, 3.63) is 0 Å². The SMILES string of the molecule is C1CCN2C[C@@H]3C[C@@H](CN4CCCC[C@@H]34)[C@H]2C1.O=S(=O)(O)O. The number of piperidine rings is 4. The Morgan fingerprint density at radius 2 is 1.18 bits per heavy atom. The fourth-order valence-electron chi connectivity index (χ4n) is 5.25. The van der Waals surface area contributed by atoms with E-state index < -0.39 is 10.4 Å². The molecule has 0 radical (unpaired) electrons. The highest BCUT2D eigenvalue weighted by Crippen LogP contribution is 2.42. The Bertz CT molecular complexity index is 448. The number of fused-ring (bicyclic) bond motifs is 6. The van der Waals surface area contributed by atoms with Crippen LogP contribution in [0.15, 0.2) is 0 Å². The summed E-state index contributed by atoms with van der Waals surface area (Å²) in [5, 5.41) is 0. The first-order valence-electron chi connectivity index (χ1n) is 8.60. The minimum Gasteiger partial charge on any atom is -0.300 e. The van der Waals surface area contributed by atoms with Crippen molar-refractivity contribution in [2.24, 2.45) is 11.8 Å². The maximum atomic E-state index is 8.74. The molecule has 4 saturated heterocycles. The average Bonchev–Trinajstić information content (AvgIpc) is 2.46. The van der Waals surface area contributed by atoms with Gasteiger partial charge in [-0.2, -0.15) is 8.42 Å². The van der Waals surface area contributed by atoms with Gasteiger partial charge in [-0.05, 0) is 57.0 Å². The fraction of sp³-hybridized carbons (Fsp3) is 1.00. The Labute approximate surface area is 133 Å². The summed E-state index contributed by atoms with van der Waals surface area (Å²) in [5.41, 5.74) is 0. The summed E-state index contributed by atoms with van der Waals surface area (Å²) in [5.74, 6) is 2.03. The monoisotopic (exact) mass is 332 g/mol. The van der Waals surface area contributed by atoms with Crippen LogP contribution in [0, 0.1) is 11.8 Å². The minimum atomic E-state index is -4.67. The van der Waals surface area contributed by atoms with E-state index >= 15 is 0 Å². The van der Waals surface area contributed by atoms with E-state index in [0.29, 0.717) is 0 Å². The van der Waals surface area contributed by atoms with Gasteiger partial charge in [0.2, 0.25) is 0 Å². The van der Waals surface area contributed by atoms with Gasteiger partial charge in [0.15, 0.2) is 0 Å². The second kappa shape index (κ2) is 6.73. The molecule has 128 valence electrons. The van der Waals surface area contributed by atoms with Crippen LogP contribution in [0.4, 0.5) is 0 Å². The van der Waals surface area contributed by atoms with Gasteiger partial charge in [-0.15, -0.1) is 0 Å². The van der Waals surface area contributed by atoms with Gasteiger partial charge in [0.25, 0.3) is 0 Å². The largest absolute Gasteiger partial charge is 0.394 e. The van der Waals surface area contributed by atoms with Crippen molar-refractivity contribution in [2.75, 3.05) is 26.2 Å². The lowest BCUT2D eigenvalue weighted by molar-refractivity contribution is -0.0718. The smallest absolute Gasteiger partial charge is 0.300 e. The van der Waals surface area contributed by atoms with Gasteiger partial charge >= 0.3 is 10.4 Å². The zero-order chi connectivity index (χ0) is 15.7. The van der Waals surface area contributed by atoms with Gasteiger partial charge < -0.3 is 0 Å². The van der Waals surface area contributed by atoms with E-state index in [1.807, 2.05) is 0 Å². The summed E-state index contributed by atoms with van der Waals surface area (Å²) in [6.45, 7) is 5.68. The van der Waals surface area contributed by atoms with Crippen molar-refractivity contribution >= 4 is 10.4 Å². The van der Waals surface area contributed by atoms with E-state index in [1.54, 1.807) is 6.42 Å². The molecule has 6 nitrogen and oxygen atoms in total. The predicted octanol–water partition coefficient (Wildman–Crippen LogP) is 1.69. The lowest BCUT2D eigenvalue weighted by Crippen LogP contribution is -2.63. The zero-order valence-electron chi connectivity index (χ0n) is 13.1. The Balaban J connectivity index is 0.000000254. The Morgan fingerprint density at radius 3 is 1.59 bits per heavy atom. The Hall–Kier alpha value is -0.210. The van der Waals surface area contributed by atoms with Crippen LogP contribution in [0.25, 0.3) is 0 Å². The van der Waals surface area contributed by atoms with E-state index in [1.165, 1.54) is 64.7 Å². The van der Waals surface area contributed by atoms with Crippen LogP contribution in [-0.2, 0) is 10.4 Å². The maximum absolute atomic E-state index is 8.74. The number of nitrogens with zero attached hydrogens (tertiary/aromatic N) is 2. The van der Waals surface area contributed by atoms with Crippen LogP contribution >= 0.6 is 0 Å². The summed E-state index contributed by atoms with van der Waals surface area (Å²) < 4.78 is 31.6. The van der Waals surface area contributed by atoms with Crippen molar-refractivity contribution < 1.29 is 17.5 Å². The molecule has 0 spiro atoms. The normalized spacial score (nSPS) is 39.2. The lowest BCUT2D eigenvalue weighted by Gasteiger charge is -2.57. The molecule has 0 amide bonds. The molecular weight excluding hydrogens is 304 g/mol. The topological polar surface area (TPSA) is 81.1 Å². The maximum Gasteiger partial charge on any atom is 0.394 e. The third kappa shape index (κ3) is 4.00. The summed E-state index contributed by atoms with van der Waals surface area (Å²) >= 11 is 0. The number of hydrogen-bond donors (Lipinski definition) is 2. The molecule has 2 bridgehead atoms. The predicted molar refractivity (Wildman–Crippen MR) is 84.2 cm³/mol. The van der Waals surface area contributed by atoms with E-state index in [0.717, 1.165) is 23.9 Å². The van der Waals surface area contributed by atoms with Gasteiger partial charge in [0.1, 0.15) is 0 Å². The second-order valence-corrected chi connectivity index (χ2v) is 8.22. The average molecular weight is 332 g/mol. The molecule has 4 heterocycles. The highest BCUT2D eigenvalue weighted by molar-refractivity contribution is 7.79. The van der Waals surface area contributed by atoms with E-state index in [4.69, 9.17) is 17.5 Å². The van der Waals surface area contributed by atoms with Gasteiger partial charge in [0, 0.05) is 25.2 Å². The van der Waals surface area contributed by atoms with Crippen LogP contribution in [0.1, 0.15) is 44.9 Å². The Kier molecular flexibility index (Phi) is 5.09. The molecule has 4 aliphatic rings. The molecule has 7 heteroatoms. The van der Waals surface area contributed by atoms with E-state index in [9.17, 15) is 0 Å². The third-order valence-corrected chi connectivity index (χ3v) is 5.96. The van der Waals surface area contributed by atoms with Crippen molar-refractivity contribution in [3.63, 3.8) is 0 Å². The van der Waals surface area contributed by atoms with Gasteiger partial charge in [0.05, 0.1) is 0 Å². The summed E-state index contributed by atoms with van der Waals surface area (Å²) in [7, 11) is -4.67. The van der Waals surface area contributed by atoms with Crippen molar-refractivity contribution in [3.8, 4) is 0 Å². The van der Waals surface area contributed by atoms with Crippen molar-refractivity contribution in [1.82, 2.24) is 9.80 Å². The Morgan fingerprint density at radius 1 is 0.773 bits per heavy atom. The lowest BCUT2D eigenvalue weighted by atomic mass is 9.71. The molecule has 4 aliphatic heterocycles.